The van der Waals surface area contributed by atoms with Gasteiger partial charge in [0.15, 0.2) is 0 Å². The molecular formula is C11H17N3O2S. The Kier molecular flexibility index (Phi) is 5.09. The van der Waals surface area contributed by atoms with E-state index < -0.39 is 4.92 Å². The average Bonchev–Trinajstić information content (AvgIpc) is 2.25. The van der Waals surface area contributed by atoms with E-state index in [9.17, 15) is 10.1 Å². The Morgan fingerprint density at radius 3 is 2.88 bits per heavy atom. The van der Waals surface area contributed by atoms with E-state index in [1.807, 2.05) is 6.92 Å². The Morgan fingerprint density at radius 2 is 2.29 bits per heavy atom. The van der Waals surface area contributed by atoms with Crippen LogP contribution in [0, 0.1) is 10.1 Å². The first kappa shape index (κ1) is 13.6. The van der Waals surface area contributed by atoms with E-state index in [0.717, 1.165) is 11.5 Å². The zero-order valence-electron chi connectivity index (χ0n) is 9.97. The van der Waals surface area contributed by atoms with Crippen LogP contribution in [0.5, 0.6) is 0 Å². The summed E-state index contributed by atoms with van der Waals surface area (Å²) in [6, 6.07) is 5.10. The van der Waals surface area contributed by atoms with Crippen LogP contribution >= 0.6 is 11.8 Å². The van der Waals surface area contributed by atoms with E-state index >= 15 is 0 Å². The van der Waals surface area contributed by atoms with Crippen molar-refractivity contribution in [2.24, 2.45) is 0 Å². The van der Waals surface area contributed by atoms with Crippen molar-refractivity contribution in [1.29, 1.82) is 0 Å². The third kappa shape index (κ3) is 3.81. The number of anilines is 2. The lowest BCUT2D eigenvalue weighted by molar-refractivity contribution is -0.383. The zero-order chi connectivity index (χ0) is 12.8. The van der Waals surface area contributed by atoms with Crippen molar-refractivity contribution in [2.45, 2.75) is 19.9 Å². The highest BCUT2D eigenvalue weighted by Crippen LogP contribution is 2.31. The van der Waals surface area contributed by atoms with Crippen molar-refractivity contribution in [3.63, 3.8) is 0 Å². The quantitative estimate of drug-likeness (QED) is 0.464. The van der Waals surface area contributed by atoms with Crippen LogP contribution in [0.15, 0.2) is 18.2 Å². The minimum atomic E-state index is -0.447. The molecule has 0 radical (unpaired) electrons. The maximum absolute atomic E-state index is 10.9. The standard InChI is InChI=1S/C11H17N3O2S/c1-3-17-7-8(2)13-10-6-4-5-9(12)11(10)14(15)16/h4-6,8,13H,3,7,12H2,1-2H3. The average molecular weight is 255 g/mol. The number of nitrogens with two attached hydrogens (primary N) is 1. The number of hydrogen-bond acceptors (Lipinski definition) is 5. The first-order valence-electron chi connectivity index (χ1n) is 5.43. The maximum atomic E-state index is 10.9. The summed E-state index contributed by atoms with van der Waals surface area (Å²) in [5, 5.41) is 14.0. The molecular weight excluding hydrogens is 238 g/mol. The van der Waals surface area contributed by atoms with Gasteiger partial charge in [-0.25, -0.2) is 0 Å². The molecule has 94 valence electrons. The molecule has 0 amide bonds. The smallest absolute Gasteiger partial charge is 0.314 e. The van der Waals surface area contributed by atoms with Crippen LogP contribution < -0.4 is 11.1 Å². The van der Waals surface area contributed by atoms with E-state index in [1.54, 1.807) is 23.9 Å². The van der Waals surface area contributed by atoms with Crippen molar-refractivity contribution in [1.82, 2.24) is 0 Å². The molecule has 0 aliphatic rings. The van der Waals surface area contributed by atoms with Crippen LogP contribution in [-0.2, 0) is 0 Å². The number of nitro groups is 1. The lowest BCUT2D eigenvalue weighted by Crippen LogP contribution is -2.19. The monoisotopic (exact) mass is 255 g/mol. The van der Waals surface area contributed by atoms with Gasteiger partial charge in [0.05, 0.1) is 4.92 Å². The van der Waals surface area contributed by atoms with Crippen molar-refractivity contribution in [3.05, 3.63) is 28.3 Å². The number of nitro benzene ring substituents is 1. The second-order valence-corrected chi connectivity index (χ2v) is 5.02. The molecule has 5 nitrogen and oxygen atoms in total. The molecule has 1 aromatic carbocycles. The molecule has 0 spiro atoms. The largest absolute Gasteiger partial charge is 0.393 e. The van der Waals surface area contributed by atoms with Crippen molar-refractivity contribution in [3.8, 4) is 0 Å². The second kappa shape index (κ2) is 6.34. The first-order valence-corrected chi connectivity index (χ1v) is 6.58. The highest BCUT2D eigenvalue weighted by atomic mass is 32.2. The molecule has 0 aliphatic heterocycles. The van der Waals surface area contributed by atoms with Gasteiger partial charge in [-0.3, -0.25) is 10.1 Å². The normalized spacial score (nSPS) is 12.1. The van der Waals surface area contributed by atoms with Gasteiger partial charge in [-0.1, -0.05) is 13.0 Å². The number of nitrogens with zero attached hydrogens (tertiary/aromatic N) is 1. The number of hydrogen-bond donors (Lipinski definition) is 2. The summed E-state index contributed by atoms with van der Waals surface area (Å²) in [5.74, 6) is 1.94. The molecule has 0 heterocycles. The number of rotatable bonds is 6. The summed E-state index contributed by atoms with van der Waals surface area (Å²) in [4.78, 5) is 10.5. The van der Waals surface area contributed by atoms with Crippen LogP contribution in [0.3, 0.4) is 0 Å². The van der Waals surface area contributed by atoms with E-state index in [4.69, 9.17) is 5.73 Å². The van der Waals surface area contributed by atoms with Crippen LogP contribution in [0.1, 0.15) is 13.8 Å². The summed E-state index contributed by atoms with van der Waals surface area (Å²) in [5.41, 5.74) is 6.25. The summed E-state index contributed by atoms with van der Waals surface area (Å²) < 4.78 is 0. The minimum Gasteiger partial charge on any atom is -0.393 e. The molecule has 0 bridgehead atoms. The van der Waals surface area contributed by atoms with Gasteiger partial charge >= 0.3 is 5.69 Å². The molecule has 17 heavy (non-hydrogen) atoms. The minimum absolute atomic E-state index is 0.0409. The van der Waals surface area contributed by atoms with Crippen molar-refractivity contribution >= 4 is 28.8 Å². The molecule has 1 rings (SSSR count). The lowest BCUT2D eigenvalue weighted by atomic mass is 10.2. The van der Waals surface area contributed by atoms with E-state index in [-0.39, 0.29) is 17.4 Å². The van der Waals surface area contributed by atoms with E-state index in [1.165, 1.54) is 6.07 Å². The fourth-order valence-corrected chi connectivity index (χ4v) is 2.16. The zero-order valence-corrected chi connectivity index (χ0v) is 10.8. The maximum Gasteiger partial charge on any atom is 0.314 e. The van der Waals surface area contributed by atoms with Gasteiger partial charge in [0.25, 0.3) is 0 Å². The van der Waals surface area contributed by atoms with Gasteiger partial charge in [-0.15, -0.1) is 0 Å². The number of benzene rings is 1. The fourth-order valence-electron chi connectivity index (χ4n) is 1.48. The Morgan fingerprint density at radius 1 is 1.59 bits per heavy atom. The van der Waals surface area contributed by atoms with Crippen LogP contribution in [0.4, 0.5) is 17.1 Å². The molecule has 0 aromatic heterocycles. The highest BCUT2D eigenvalue weighted by Gasteiger charge is 2.18. The van der Waals surface area contributed by atoms with Crippen molar-refractivity contribution in [2.75, 3.05) is 22.6 Å². The van der Waals surface area contributed by atoms with Crippen LogP contribution in [0.25, 0.3) is 0 Å². The summed E-state index contributed by atoms with van der Waals surface area (Å²) in [6.45, 7) is 4.08. The summed E-state index contributed by atoms with van der Waals surface area (Å²) in [6.07, 6.45) is 0. The molecule has 0 fully saturated rings. The molecule has 0 saturated heterocycles. The number of nitrogen functional groups attached to an aromatic ring is 1. The van der Waals surface area contributed by atoms with Gasteiger partial charge in [-0.2, -0.15) is 11.8 Å². The first-order chi connectivity index (χ1) is 8.06. The Hall–Kier alpha value is -1.43. The van der Waals surface area contributed by atoms with Gasteiger partial charge in [0.1, 0.15) is 11.4 Å². The molecule has 3 N–H and O–H groups in total. The number of para-hydroxylation sites is 1. The van der Waals surface area contributed by atoms with E-state index in [2.05, 4.69) is 12.2 Å². The SMILES string of the molecule is CCSCC(C)Nc1cccc(N)c1[N+](=O)[O-]. The number of nitrogens with one attached hydrogen (secondary N) is 1. The summed E-state index contributed by atoms with van der Waals surface area (Å²) >= 11 is 1.79. The van der Waals surface area contributed by atoms with Crippen LogP contribution in [0.2, 0.25) is 0 Å². The van der Waals surface area contributed by atoms with Crippen molar-refractivity contribution < 1.29 is 4.92 Å². The molecule has 6 heteroatoms. The fraction of sp³-hybridized carbons (Fsp3) is 0.455. The number of thioether (sulfide) groups is 1. The summed E-state index contributed by atoms with van der Waals surface area (Å²) in [7, 11) is 0. The molecule has 0 aliphatic carbocycles. The Bertz CT molecular complexity index is 398. The predicted octanol–water partition coefficient (Wildman–Crippen LogP) is 2.73. The molecule has 0 saturated carbocycles. The molecule has 1 aromatic rings. The third-order valence-corrected chi connectivity index (χ3v) is 3.37. The third-order valence-electron chi connectivity index (χ3n) is 2.22. The predicted molar refractivity (Wildman–Crippen MR) is 73.6 cm³/mol. The van der Waals surface area contributed by atoms with E-state index in [0.29, 0.717) is 5.69 Å². The Balaban J connectivity index is 2.83. The van der Waals surface area contributed by atoms with Gasteiger partial charge in [0.2, 0.25) is 0 Å². The highest BCUT2D eigenvalue weighted by molar-refractivity contribution is 7.99. The lowest BCUT2D eigenvalue weighted by Gasteiger charge is -2.15. The molecule has 1 unspecified atom stereocenters. The van der Waals surface area contributed by atoms with Gasteiger partial charge < -0.3 is 11.1 Å². The van der Waals surface area contributed by atoms with Crippen LogP contribution in [-0.4, -0.2) is 22.5 Å². The Labute approximate surface area is 105 Å². The van der Waals surface area contributed by atoms with Gasteiger partial charge in [-0.05, 0) is 24.8 Å². The van der Waals surface area contributed by atoms with Gasteiger partial charge in [0, 0.05) is 11.8 Å². The topological polar surface area (TPSA) is 81.2 Å². The molecule has 1 atom stereocenters. The second-order valence-electron chi connectivity index (χ2n) is 3.71.